The number of aryl methyl sites for hydroxylation is 1. The van der Waals surface area contributed by atoms with E-state index >= 15 is 0 Å². The topological polar surface area (TPSA) is 67.9 Å². The van der Waals surface area contributed by atoms with Gasteiger partial charge in [-0.15, -0.1) is 0 Å². The molecule has 6 nitrogen and oxygen atoms in total. The molecule has 0 unspecified atom stereocenters. The summed E-state index contributed by atoms with van der Waals surface area (Å²) in [6.07, 6.45) is 1.54. The minimum Gasteiger partial charge on any atom is -0.493 e. The highest BCUT2D eigenvalue weighted by molar-refractivity contribution is 6.32. The number of nitrogens with one attached hydrogen (secondary N) is 1. The van der Waals surface area contributed by atoms with Crippen LogP contribution in [0.15, 0.2) is 42.1 Å². The Morgan fingerprint density at radius 2 is 1.89 bits per heavy atom. The molecule has 1 aliphatic heterocycles. The van der Waals surface area contributed by atoms with E-state index < -0.39 is 11.9 Å². The number of urea groups is 1. The molecule has 1 fully saturated rings. The van der Waals surface area contributed by atoms with Gasteiger partial charge in [-0.1, -0.05) is 41.4 Å². The second-order valence-electron chi connectivity index (χ2n) is 6.16. The van der Waals surface area contributed by atoms with Crippen molar-refractivity contribution >= 4 is 29.6 Å². The molecule has 27 heavy (non-hydrogen) atoms. The van der Waals surface area contributed by atoms with Crippen LogP contribution in [0.4, 0.5) is 4.79 Å². The summed E-state index contributed by atoms with van der Waals surface area (Å²) in [5.41, 5.74) is 2.96. The average Bonchev–Trinajstić information content (AvgIpc) is 2.88. The maximum absolute atomic E-state index is 12.0. The summed E-state index contributed by atoms with van der Waals surface area (Å²) in [5.74, 6) is 0.446. The number of likely N-dealkylation sites (N-methyl/N-ethyl adjacent to an activating group) is 1. The minimum absolute atomic E-state index is 0.175. The molecule has 0 atom stereocenters. The summed E-state index contributed by atoms with van der Waals surface area (Å²) in [4.78, 5) is 24.6. The van der Waals surface area contributed by atoms with Gasteiger partial charge in [0.05, 0.1) is 12.1 Å². The van der Waals surface area contributed by atoms with Gasteiger partial charge in [0.15, 0.2) is 11.5 Å². The molecule has 2 aromatic rings. The Labute approximate surface area is 162 Å². The van der Waals surface area contributed by atoms with Gasteiger partial charge < -0.3 is 14.8 Å². The molecule has 0 aromatic heterocycles. The van der Waals surface area contributed by atoms with Gasteiger partial charge in [-0.3, -0.25) is 9.69 Å². The second kappa shape index (κ2) is 7.72. The number of rotatable bonds is 5. The molecule has 2 aromatic carbocycles. The summed E-state index contributed by atoms with van der Waals surface area (Å²) in [5, 5.41) is 2.85. The lowest BCUT2D eigenvalue weighted by atomic mass is 10.1. The highest BCUT2D eigenvalue weighted by Gasteiger charge is 2.30. The normalized spacial score (nSPS) is 15.3. The minimum atomic E-state index is -0.470. The standard InChI is InChI=1S/C20H19ClN2O4/c1-12-4-6-13(7-5-12)11-27-18-15(21)8-14(10-17(18)26-3)9-16-19(24)23(2)20(25)22-16/h4-10H,11H2,1-3H3,(H,22,25)/b16-9+. The van der Waals surface area contributed by atoms with E-state index in [4.69, 9.17) is 21.1 Å². The fourth-order valence-corrected chi connectivity index (χ4v) is 2.87. The van der Waals surface area contributed by atoms with Gasteiger partial charge in [-0.2, -0.15) is 0 Å². The molecule has 0 radical (unpaired) electrons. The summed E-state index contributed by atoms with van der Waals surface area (Å²) in [6, 6.07) is 10.9. The zero-order chi connectivity index (χ0) is 19.6. The first kappa shape index (κ1) is 18.8. The van der Waals surface area contributed by atoms with E-state index in [1.807, 2.05) is 31.2 Å². The average molecular weight is 387 g/mol. The van der Waals surface area contributed by atoms with Crippen LogP contribution in [0.5, 0.6) is 11.5 Å². The van der Waals surface area contributed by atoms with E-state index in [-0.39, 0.29) is 5.70 Å². The molecule has 0 aliphatic carbocycles. The number of carbonyl (C=O) groups excluding carboxylic acids is 2. The van der Waals surface area contributed by atoms with E-state index in [0.717, 1.165) is 10.5 Å². The number of carbonyl (C=O) groups is 2. The van der Waals surface area contributed by atoms with Gasteiger partial charge in [0, 0.05) is 7.05 Å². The van der Waals surface area contributed by atoms with Crippen LogP contribution in [0.2, 0.25) is 5.02 Å². The Morgan fingerprint density at radius 3 is 2.48 bits per heavy atom. The van der Waals surface area contributed by atoms with Crippen molar-refractivity contribution < 1.29 is 19.1 Å². The molecule has 140 valence electrons. The predicted octanol–water partition coefficient (Wildman–Crippen LogP) is 3.76. The maximum Gasteiger partial charge on any atom is 0.328 e. The Kier molecular flexibility index (Phi) is 5.37. The van der Waals surface area contributed by atoms with Crippen molar-refractivity contribution in [3.63, 3.8) is 0 Å². The van der Waals surface area contributed by atoms with E-state index in [1.165, 1.54) is 19.7 Å². The molecule has 0 bridgehead atoms. The second-order valence-corrected chi connectivity index (χ2v) is 6.57. The van der Waals surface area contributed by atoms with Crippen molar-refractivity contribution in [3.8, 4) is 11.5 Å². The highest BCUT2D eigenvalue weighted by Crippen LogP contribution is 2.37. The molecule has 1 saturated heterocycles. The third-order valence-electron chi connectivity index (χ3n) is 4.15. The van der Waals surface area contributed by atoms with Gasteiger partial charge in [0.25, 0.3) is 5.91 Å². The quantitative estimate of drug-likeness (QED) is 0.627. The van der Waals surface area contributed by atoms with E-state index in [1.54, 1.807) is 18.2 Å². The first-order valence-electron chi connectivity index (χ1n) is 8.25. The fraction of sp³-hybridized carbons (Fsp3) is 0.200. The van der Waals surface area contributed by atoms with Crippen molar-refractivity contribution in [3.05, 3.63) is 63.8 Å². The van der Waals surface area contributed by atoms with Crippen molar-refractivity contribution in [1.29, 1.82) is 0 Å². The molecule has 7 heteroatoms. The van der Waals surface area contributed by atoms with Gasteiger partial charge in [-0.25, -0.2) is 4.79 Å². The Morgan fingerprint density at radius 1 is 1.19 bits per heavy atom. The van der Waals surface area contributed by atoms with Crippen LogP contribution in [-0.2, 0) is 11.4 Å². The van der Waals surface area contributed by atoms with Crippen LogP contribution in [0.1, 0.15) is 16.7 Å². The number of hydrogen-bond donors (Lipinski definition) is 1. The van der Waals surface area contributed by atoms with Crippen LogP contribution in [0, 0.1) is 6.92 Å². The number of nitrogens with zero attached hydrogens (tertiary/aromatic N) is 1. The van der Waals surface area contributed by atoms with E-state index in [9.17, 15) is 9.59 Å². The van der Waals surface area contributed by atoms with Crippen molar-refractivity contribution in [2.24, 2.45) is 0 Å². The monoisotopic (exact) mass is 386 g/mol. The SMILES string of the molecule is COc1cc(/C=C2/NC(=O)N(C)C2=O)cc(Cl)c1OCc1ccc(C)cc1. The zero-order valence-electron chi connectivity index (χ0n) is 15.2. The van der Waals surface area contributed by atoms with Crippen molar-refractivity contribution in [1.82, 2.24) is 10.2 Å². The Bertz CT molecular complexity index is 922. The van der Waals surface area contributed by atoms with Crippen LogP contribution in [-0.4, -0.2) is 31.0 Å². The van der Waals surface area contributed by atoms with E-state index in [2.05, 4.69) is 5.32 Å². The maximum atomic E-state index is 12.0. The first-order valence-corrected chi connectivity index (χ1v) is 8.63. The molecule has 1 N–H and O–H groups in total. The summed E-state index contributed by atoms with van der Waals surface area (Å²) >= 11 is 6.37. The van der Waals surface area contributed by atoms with Crippen LogP contribution in [0.3, 0.4) is 0 Å². The third kappa shape index (κ3) is 4.06. The fourth-order valence-electron chi connectivity index (χ4n) is 2.59. The van der Waals surface area contributed by atoms with Crippen molar-refractivity contribution in [2.45, 2.75) is 13.5 Å². The Balaban J connectivity index is 1.84. The number of amides is 3. The smallest absolute Gasteiger partial charge is 0.328 e. The molecule has 3 amide bonds. The molecular weight excluding hydrogens is 368 g/mol. The predicted molar refractivity (Wildman–Crippen MR) is 103 cm³/mol. The lowest BCUT2D eigenvalue weighted by Crippen LogP contribution is -2.25. The molecular formula is C20H19ClN2O4. The number of ether oxygens (including phenoxy) is 2. The molecule has 1 aliphatic rings. The lowest BCUT2D eigenvalue weighted by molar-refractivity contribution is -0.121. The largest absolute Gasteiger partial charge is 0.493 e. The summed E-state index contributed by atoms with van der Waals surface area (Å²) in [7, 11) is 2.92. The van der Waals surface area contributed by atoms with Gasteiger partial charge in [0.2, 0.25) is 0 Å². The lowest BCUT2D eigenvalue weighted by Gasteiger charge is -2.13. The number of halogens is 1. The number of methoxy groups -OCH3 is 1. The van der Waals surface area contributed by atoms with Gasteiger partial charge >= 0.3 is 6.03 Å². The van der Waals surface area contributed by atoms with E-state index in [0.29, 0.717) is 28.7 Å². The number of hydrogen-bond acceptors (Lipinski definition) is 4. The molecule has 0 saturated carbocycles. The third-order valence-corrected chi connectivity index (χ3v) is 4.43. The van der Waals surface area contributed by atoms with Crippen LogP contribution < -0.4 is 14.8 Å². The van der Waals surface area contributed by atoms with Gasteiger partial charge in [-0.05, 0) is 36.3 Å². The van der Waals surface area contributed by atoms with Gasteiger partial charge in [0.1, 0.15) is 12.3 Å². The highest BCUT2D eigenvalue weighted by atomic mass is 35.5. The molecule has 1 heterocycles. The number of imide groups is 1. The van der Waals surface area contributed by atoms with Crippen LogP contribution >= 0.6 is 11.6 Å². The first-order chi connectivity index (χ1) is 12.9. The molecule has 3 rings (SSSR count). The van der Waals surface area contributed by atoms with Crippen molar-refractivity contribution in [2.75, 3.05) is 14.2 Å². The summed E-state index contributed by atoms with van der Waals surface area (Å²) in [6.45, 7) is 2.36. The zero-order valence-corrected chi connectivity index (χ0v) is 16.0. The van der Waals surface area contributed by atoms with Crippen LogP contribution in [0.25, 0.3) is 6.08 Å². The number of benzene rings is 2. The summed E-state index contributed by atoms with van der Waals surface area (Å²) < 4.78 is 11.2. The molecule has 0 spiro atoms. The Hall–Kier alpha value is -2.99.